The molecule has 7 nitrogen and oxygen atoms in total. The molecule has 1 aliphatic heterocycles. The molecule has 2 aromatic heterocycles. The Morgan fingerprint density at radius 3 is 2.68 bits per heavy atom. The highest BCUT2D eigenvalue weighted by molar-refractivity contribution is 6.01. The van der Waals surface area contributed by atoms with Gasteiger partial charge in [0.15, 0.2) is 5.82 Å². The summed E-state index contributed by atoms with van der Waals surface area (Å²) in [6, 6.07) is 6.12. The SMILES string of the molecule is CCc1c(F)ccc2cc(O)cc(-c3ncc4c(N5CCCC(C)C5)nc(OCC5(CN(C)C)CC5)nc4c3F)c12. The monoisotopic (exact) mass is 561 g/mol. The van der Waals surface area contributed by atoms with Crippen LogP contribution < -0.4 is 9.64 Å². The Hall–Kier alpha value is -3.59. The summed E-state index contributed by atoms with van der Waals surface area (Å²) in [6.07, 6.45) is 6.29. The highest BCUT2D eigenvalue weighted by Crippen LogP contribution is 2.46. The summed E-state index contributed by atoms with van der Waals surface area (Å²) in [5.41, 5.74) is 0.950. The Bertz CT molecular complexity index is 1620. The van der Waals surface area contributed by atoms with Gasteiger partial charge in [0.2, 0.25) is 0 Å². The highest BCUT2D eigenvalue weighted by atomic mass is 19.1. The molecule has 0 radical (unpaired) electrons. The topological polar surface area (TPSA) is 74.6 Å². The highest BCUT2D eigenvalue weighted by Gasteiger charge is 2.44. The van der Waals surface area contributed by atoms with Crippen LogP contribution in [0.2, 0.25) is 0 Å². The predicted octanol–water partition coefficient (Wildman–Crippen LogP) is 6.35. The van der Waals surface area contributed by atoms with E-state index in [0.29, 0.717) is 52.0 Å². The van der Waals surface area contributed by atoms with Crippen molar-refractivity contribution in [3.05, 3.63) is 47.7 Å². The van der Waals surface area contributed by atoms with E-state index in [0.717, 1.165) is 45.3 Å². The van der Waals surface area contributed by atoms with E-state index in [4.69, 9.17) is 9.72 Å². The Morgan fingerprint density at radius 1 is 1.17 bits per heavy atom. The standard InChI is InChI=1S/C32H37F2N5O2/c1-5-22-25(33)9-8-20-13-21(40)14-23(26(20)22)28-27(34)29-24(15-35-28)30(39-12-6-7-19(2)16-39)37-31(36-29)41-18-32(10-11-32)17-38(3)4/h8-9,13-15,19,40H,5-7,10-12,16-18H2,1-4H3. The summed E-state index contributed by atoms with van der Waals surface area (Å²) >= 11 is 0. The quantitative estimate of drug-likeness (QED) is 0.269. The number of pyridine rings is 1. The van der Waals surface area contributed by atoms with E-state index in [2.05, 4.69) is 26.7 Å². The zero-order chi connectivity index (χ0) is 28.9. The molecule has 9 heteroatoms. The number of phenolic OH excluding ortho intramolecular Hbond substituents is 1. The summed E-state index contributed by atoms with van der Waals surface area (Å²) in [6.45, 7) is 7.03. The van der Waals surface area contributed by atoms with Gasteiger partial charge in [-0.1, -0.05) is 19.9 Å². The number of halogens is 2. The fraction of sp³-hybridized carbons (Fsp3) is 0.469. The number of aromatic nitrogens is 3. The first-order valence-electron chi connectivity index (χ1n) is 14.5. The van der Waals surface area contributed by atoms with Crippen molar-refractivity contribution < 1.29 is 18.6 Å². The summed E-state index contributed by atoms with van der Waals surface area (Å²) in [5, 5.41) is 12.2. The zero-order valence-corrected chi connectivity index (χ0v) is 24.2. The van der Waals surface area contributed by atoms with E-state index in [1.807, 2.05) is 21.0 Å². The second-order valence-electron chi connectivity index (χ2n) is 12.2. The number of hydrogen-bond acceptors (Lipinski definition) is 7. The number of nitrogens with zero attached hydrogens (tertiary/aromatic N) is 5. The van der Waals surface area contributed by atoms with E-state index >= 15 is 4.39 Å². The lowest BCUT2D eigenvalue weighted by molar-refractivity contribution is 0.183. The molecule has 41 heavy (non-hydrogen) atoms. The summed E-state index contributed by atoms with van der Waals surface area (Å²) in [7, 11) is 4.10. The smallest absolute Gasteiger partial charge is 0.319 e. The number of piperidine rings is 1. The Morgan fingerprint density at radius 2 is 1.98 bits per heavy atom. The van der Waals surface area contributed by atoms with Crippen LogP contribution in [0.1, 0.15) is 45.1 Å². The van der Waals surface area contributed by atoms with E-state index in [9.17, 15) is 9.50 Å². The maximum absolute atomic E-state index is 16.6. The Balaban J connectivity index is 1.51. The molecule has 2 aromatic carbocycles. The molecule has 2 aliphatic rings. The molecule has 1 unspecified atom stereocenters. The largest absolute Gasteiger partial charge is 0.508 e. The second kappa shape index (κ2) is 10.7. The van der Waals surface area contributed by atoms with Crippen LogP contribution in [-0.4, -0.2) is 65.3 Å². The lowest BCUT2D eigenvalue weighted by Gasteiger charge is -2.32. The van der Waals surface area contributed by atoms with Crippen LogP contribution in [0.5, 0.6) is 11.8 Å². The molecule has 1 aliphatic carbocycles. The molecule has 2 fully saturated rings. The molecule has 0 amide bonds. The van der Waals surface area contributed by atoms with Gasteiger partial charge in [0.1, 0.15) is 28.6 Å². The lowest BCUT2D eigenvalue weighted by Crippen LogP contribution is -2.35. The van der Waals surface area contributed by atoms with Gasteiger partial charge < -0.3 is 19.6 Å². The van der Waals surface area contributed by atoms with Gasteiger partial charge in [0.05, 0.1) is 12.0 Å². The predicted molar refractivity (Wildman–Crippen MR) is 158 cm³/mol. The Labute approximate surface area is 239 Å². The average molecular weight is 562 g/mol. The van der Waals surface area contributed by atoms with Crippen molar-refractivity contribution in [2.75, 3.05) is 45.2 Å². The molecular weight excluding hydrogens is 524 g/mol. The van der Waals surface area contributed by atoms with E-state index in [1.54, 1.807) is 18.3 Å². The van der Waals surface area contributed by atoms with Crippen molar-refractivity contribution in [3.63, 3.8) is 0 Å². The van der Waals surface area contributed by atoms with Gasteiger partial charge in [-0.3, -0.25) is 4.98 Å². The van der Waals surface area contributed by atoms with Crippen molar-refractivity contribution >= 4 is 27.5 Å². The van der Waals surface area contributed by atoms with E-state index in [1.165, 1.54) is 12.1 Å². The molecule has 1 N–H and O–H groups in total. The van der Waals surface area contributed by atoms with Crippen LogP contribution in [-0.2, 0) is 6.42 Å². The van der Waals surface area contributed by atoms with Gasteiger partial charge in [-0.15, -0.1) is 0 Å². The third-order valence-corrected chi connectivity index (χ3v) is 8.48. The van der Waals surface area contributed by atoms with Crippen LogP contribution in [0.4, 0.5) is 14.6 Å². The Kier molecular flexibility index (Phi) is 7.18. The van der Waals surface area contributed by atoms with E-state index in [-0.39, 0.29) is 34.2 Å². The van der Waals surface area contributed by atoms with Gasteiger partial charge in [-0.2, -0.15) is 9.97 Å². The number of fused-ring (bicyclic) bond motifs is 2. The van der Waals surface area contributed by atoms with Crippen LogP contribution in [0.3, 0.4) is 0 Å². The first-order chi connectivity index (χ1) is 19.7. The molecule has 0 bridgehead atoms. The second-order valence-corrected chi connectivity index (χ2v) is 12.2. The lowest BCUT2D eigenvalue weighted by atomic mass is 9.94. The van der Waals surface area contributed by atoms with Gasteiger partial charge in [-0.05, 0) is 86.7 Å². The van der Waals surface area contributed by atoms with Gasteiger partial charge >= 0.3 is 6.01 Å². The van der Waals surface area contributed by atoms with Crippen molar-refractivity contribution in [3.8, 4) is 23.0 Å². The minimum atomic E-state index is -0.645. The molecular formula is C32H37F2N5O2. The number of aromatic hydroxyl groups is 1. The van der Waals surface area contributed by atoms with Crippen molar-refractivity contribution in [1.29, 1.82) is 0 Å². The normalized spacial score (nSPS) is 18.4. The number of ether oxygens (including phenoxy) is 1. The number of rotatable bonds is 8. The molecule has 216 valence electrons. The first kappa shape index (κ1) is 27.6. The molecule has 1 saturated carbocycles. The van der Waals surface area contributed by atoms with Crippen molar-refractivity contribution in [2.24, 2.45) is 11.3 Å². The third kappa shape index (κ3) is 5.27. The van der Waals surface area contributed by atoms with Gasteiger partial charge in [0, 0.05) is 36.8 Å². The fourth-order valence-corrected chi connectivity index (χ4v) is 6.34. The molecule has 6 rings (SSSR count). The summed E-state index contributed by atoms with van der Waals surface area (Å²) in [4.78, 5) is 18.3. The van der Waals surface area contributed by atoms with Gasteiger partial charge in [0.25, 0.3) is 0 Å². The summed E-state index contributed by atoms with van der Waals surface area (Å²) < 4.78 is 37.7. The number of aryl methyl sites for hydroxylation is 1. The number of benzene rings is 2. The first-order valence-corrected chi connectivity index (χ1v) is 14.5. The van der Waals surface area contributed by atoms with Crippen LogP contribution in [0, 0.1) is 23.0 Å². The number of anilines is 1. The molecule has 3 heterocycles. The average Bonchev–Trinajstić information content (AvgIpc) is 3.70. The molecule has 1 saturated heterocycles. The maximum atomic E-state index is 16.6. The fourth-order valence-electron chi connectivity index (χ4n) is 6.34. The maximum Gasteiger partial charge on any atom is 0.319 e. The van der Waals surface area contributed by atoms with Crippen LogP contribution in [0.15, 0.2) is 30.5 Å². The van der Waals surface area contributed by atoms with Crippen molar-refractivity contribution in [1.82, 2.24) is 19.9 Å². The number of hydrogen-bond donors (Lipinski definition) is 1. The van der Waals surface area contributed by atoms with Crippen LogP contribution in [0.25, 0.3) is 32.9 Å². The minimum absolute atomic E-state index is 0.00702. The number of phenols is 1. The van der Waals surface area contributed by atoms with E-state index < -0.39 is 5.82 Å². The van der Waals surface area contributed by atoms with Crippen molar-refractivity contribution in [2.45, 2.75) is 46.0 Å². The van der Waals surface area contributed by atoms with Crippen LogP contribution >= 0.6 is 0 Å². The third-order valence-electron chi connectivity index (χ3n) is 8.48. The minimum Gasteiger partial charge on any atom is -0.508 e. The summed E-state index contributed by atoms with van der Waals surface area (Å²) in [5.74, 6) is 0.0277. The molecule has 4 aromatic rings. The molecule has 0 spiro atoms. The van der Waals surface area contributed by atoms with Gasteiger partial charge in [-0.25, -0.2) is 8.78 Å². The molecule has 1 atom stereocenters. The zero-order valence-electron chi connectivity index (χ0n) is 24.2.